The molecule has 0 heterocycles. The fraction of sp³-hybridized carbons (Fsp3) is 0.478. The quantitative estimate of drug-likeness (QED) is 0.0775. The van der Waals surface area contributed by atoms with Crippen LogP contribution >= 0.6 is 7.82 Å². The number of benzene rings is 1. The second kappa shape index (κ2) is 16.4. The Morgan fingerprint density at radius 3 is 1.81 bits per heavy atom. The maximum atomic E-state index is 13.2. The van der Waals surface area contributed by atoms with Crippen molar-refractivity contribution in [2.75, 3.05) is 6.61 Å². The predicted octanol–water partition coefficient (Wildman–Crippen LogP) is -3.05. The van der Waals surface area contributed by atoms with E-state index in [1.165, 1.54) is 31.2 Å². The highest BCUT2D eigenvalue weighted by atomic mass is 31.2. The molecule has 4 amide bonds. The Kier molecular flexibility index (Phi) is 14.0. The van der Waals surface area contributed by atoms with Crippen LogP contribution < -0.4 is 31.5 Å². The zero-order valence-electron chi connectivity index (χ0n) is 22.6. The van der Waals surface area contributed by atoms with E-state index < -0.39 is 86.6 Å². The van der Waals surface area contributed by atoms with Crippen molar-refractivity contribution >= 4 is 43.4 Å². The monoisotopic (exact) mass is 619 g/mol. The third-order valence-corrected chi connectivity index (χ3v) is 5.91. The first-order chi connectivity index (χ1) is 19.4. The summed E-state index contributed by atoms with van der Waals surface area (Å²) in [5, 5.41) is 36.6. The lowest BCUT2D eigenvalue weighted by Gasteiger charge is -2.25. The van der Waals surface area contributed by atoms with Crippen molar-refractivity contribution in [1.82, 2.24) is 21.3 Å². The summed E-state index contributed by atoms with van der Waals surface area (Å²) < 4.78 is 15.5. The van der Waals surface area contributed by atoms with Crippen molar-refractivity contribution in [3.05, 3.63) is 29.8 Å². The second-order valence-corrected chi connectivity index (χ2v) is 10.2. The average Bonchev–Trinajstić information content (AvgIpc) is 2.88. The van der Waals surface area contributed by atoms with E-state index in [9.17, 15) is 38.4 Å². The van der Waals surface area contributed by atoms with Crippen molar-refractivity contribution in [3.8, 4) is 5.75 Å². The molecule has 0 aromatic heterocycles. The minimum absolute atomic E-state index is 0.214. The van der Waals surface area contributed by atoms with Crippen molar-refractivity contribution in [1.29, 1.82) is 0 Å². The van der Waals surface area contributed by atoms with Crippen LogP contribution in [0.4, 0.5) is 0 Å². The predicted molar refractivity (Wildman–Crippen MR) is 141 cm³/mol. The molecule has 234 valence electrons. The molecule has 0 saturated heterocycles. The van der Waals surface area contributed by atoms with Crippen LogP contribution in [0, 0.1) is 0 Å². The molecule has 5 atom stereocenters. The van der Waals surface area contributed by atoms with Crippen molar-refractivity contribution < 1.29 is 63.0 Å². The molecular weight excluding hydrogens is 585 g/mol. The Morgan fingerprint density at radius 2 is 1.33 bits per heavy atom. The molecule has 0 unspecified atom stereocenters. The molecule has 18 nitrogen and oxygen atoms in total. The number of hydrogen-bond acceptors (Lipinski definition) is 10. The minimum Gasteiger partial charge on any atom is -0.481 e. The molecular formula is C23H34N5O13P. The number of phosphoric ester groups is 1. The van der Waals surface area contributed by atoms with Crippen LogP contribution in [0.3, 0.4) is 0 Å². The first-order valence-corrected chi connectivity index (χ1v) is 13.8. The molecule has 1 aromatic rings. The van der Waals surface area contributed by atoms with Gasteiger partial charge in [0.1, 0.15) is 29.9 Å². The van der Waals surface area contributed by atoms with Crippen LogP contribution in [0.15, 0.2) is 24.3 Å². The number of aliphatic hydroxyl groups excluding tert-OH is 1. The summed E-state index contributed by atoms with van der Waals surface area (Å²) in [6, 6.07) is -2.08. The molecule has 0 aliphatic carbocycles. The molecule has 0 aliphatic rings. The van der Waals surface area contributed by atoms with E-state index in [-0.39, 0.29) is 18.6 Å². The van der Waals surface area contributed by atoms with Crippen LogP contribution in [0.25, 0.3) is 0 Å². The molecule has 19 heteroatoms. The SMILES string of the molecule is C[C@H](N)C(=O)N[C@@H](CCC(=O)O)C(=O)N[C@@H](Cc1ccc(OP(=O)(O)O)cc1)C(=O)N[C@@H](CO)C(=O)N[C@@H](C)C(=O)O. The smallest absolute Gasteiger partial charge is 0.481 e. The molecule has 0 bridgehead atoms. The van der Waals surface area contributed by atoms with Crippen LogP contribution in [0.5, 0.6) is 5.75 Å². The number of aliphatic hydroxyl groups is 1. The lowest BCUT2D eigenvalue weighted by Crippen LogP contribution is -2.59. The highest BCUT2D eigenvalue weighted by molar-refractivity contribution is 7.46. The van der Waals surface area contributed by atoms with E-state index in [0.717, 1.165) is 6.92 Å². The molecule has 0 spiro atoms. The van der Waals surface area contributed by atoms with Crippen LogP contribution in [0.1, 0.15) is 32.3 Å². The Hall–Kier alpha value is -4.09. The van der Waals surface area contributed by atoms with Gasteiger partial charge in [0, 0.05) is 12.8 Å². The van der Waals surface area contributed by atoms with Gasteiger partial charge in [-0.2, -0.15) is 0 Å². The van der Waals surface area contributed by atoms with E-state index >= 15 is 0 Å². The molecule has 11 N–H and O–H groups in total. The number of nitrogens with two attached hydrogens (primary N) is 1. The van der Waals surface area contributed by atoms with E-state index in [1.54, 1.807) is 0 Å². The summed E-state index contributed by atoms with van der Waals surface area (Å²) in [7, 11) is -4.86. The van der Waals surface area contributed by atoms with Crippen molar-refractivity contribution in [2.45, 2.75) is 63.3 Å². The maximum absolute atomic E-state index is 13.2. The zero-order chi connectivity index (χ0) is 32.2. The van der Waals surface area contributed by atoms with Gasteiger partial charge < -0.3 is 46.8 Å². The maximum Gasteiger partial charge on any atom is 0.524 e. The first kappa shape index (κ1) is 35.9. The molecule has 42 heavy (non-hydrogen) atoms. The molecule has 1 rings (SSSR count). The average molecular weight is 620 g/mol. The standard InChI is InChI=1S/C23H34N5O13P/c1-11(24)19(32)26-15(7-8-18(30)31)20(33)27-16(9-13-3-5-14(6-4-13)41-42(38,39)40)21(34)28-17(10-29)22(35)25-12(2)23(36)37/h3-6,11-12,15-17,29H,7-10,24H2,1-2H3,(H,25,35)(H,26,32)(H,27,33)(H,28,34)(H,30,31)(H,36,37)(H2,38,39,40)/t11-,12-,15-,16-,17-/m0/s1. The summed E-state index contributed by atoms with van der Waals surface area (Å²) in [6.45, 7) is 1.51. The number of amides is 4. The third-order valence-electron chi connectivity index (χ3n) is 5.46. The zero-order valence-corrected chi connectivity index (χ0v) is 23.4. The molecule has 0 fully saturated rings. The van der Waals surface area contributed by atoms with Gasteiger partial charge in [-0.05, 0) is 38.0 Å². The van der Waals surface area contributed by atoms with Gasteiger partial charge in [0.25, 0.3) is 0 Å². The van der Waals surface area contributed by atoms with Crippen molar-refractivity contribution in [2.24, 2.45) is 5.73 Å². The van der Waals surface area contributed by atoms with E-state index in [0.29, 0.717) is 5.56 Å². The van der Waals surface area contributed by atoms with Gasteiger partial charge in [-0.15, -0.1) is 0 Å². The number of carbonyl (C=O) groups is 6. The number of carboxylic acids is 2. The lowest BCUT2D eigenvalue weighted by atomic mass is 10.0. The van der Waals surface area contributed by atoms with Gasteiger partial charge in [-0.1, -0.05) is 12.1 Å². The number of carbonyl (C=O) groups excluding carboxylic acids is 4. The fourth-order valence-electron chi connectivity index (χ4n) is 3.22. The summed E-state index contributed by atoms with van der Waals surface area (Å²) in [5.41, 5.74) is 5.82. The summed E-state index contributed by atoms with van der Waals surface area (Å²) in [6.07, 6.45) is -1.23. The minimum atomic E-state index is -4.86. The van der Waals surface area contributed by atoms with Gasteiger partial charge in [-0.3, -0.25) is 38.6 Å². The highest BCUT2D eigenvalue weighted by Gasteiger charge is 2.31. The van der Waals surface area contributed by atoms with E-state index in [4.69, 9.17) is 25.7 Å². The number of rotatable bonds is 17. The molecule has 0 radical (unpaired) electrons. The fourth-order valence-corrected chi connectivity index (χ4v) is 3.62. The van der Waals surface area contributed by atoms with Crippen molar-refractivity contribution in [3.63, 3.8) is 0 Å². The summed E-state index contributed by atoms with van der Waals surface area (Å²) in [5.74, 6) is -6.73. The Bertz CT molecular complexity index is 1190. The summed E-state index contributed by atoms with van der Waals surface area (Å²) >= 11 is 0. The normalized spacial score (nSPS) is 14.7. The number of hydrogen-bond donors (Lipinski definition) is 10. The Labute approximate surface area is 239 Å². The van der Waals surface area contributed by atoms with Gasteiger partial charge in [0.15, 0.2) is 0 Å². The number of phosphoric acid groups is 1. The Morgan fingerprint density at radius 1 is 0.833 bits per heavy atom. The largest absolute Gasteiger partial charge is 0.524 e. The second-order valence-electron chi connectivity index (χ2n) is 9.09. The topological polar surface area (TPSA) is 304 Å². The molecule has 0 aliphatic heterocycles. The van der Waals surface area contributed by atoms with Gasteiger partial charge in [0.05, 0.1) is 12.6 Å². The molecule has 1 aromatic carbocycles. The highest BCUT2D eigenvalue weighted by Crippen LogP contribution is 2.37. The third kappa shape index (κ3) is 13.0. The number of aliphatic carboxylic acids is 2. The summed E-state index contributed by atoms with van der Waals surface area (Å²) in [4.78, 5) is 90.8. The first-order valence-electron chi connectivity index (χ1n) is 12.3. The van der Waals surface area contributed by atoms with Crippen LogP contribution in [-0.4, -0.2) is 97.5 Å². The number of nitrogens with one attached hydrogen (secondary N) is 4. The lowest BCUT2D eigenvalue weighted by molar-refractivity contribution is -0.142. The van der Waals surface area contributed by atoms with Crippen LogP contribution in [-0.2, 0) is 39.8 Å². The number of carboxylic acid groups (broad SMARTS) is 2. The van der Waals surface area contributed by atoms with Crippen LogP contribution in [0.2, 0.25) is 0 Å². The van der Waals surface area contributed by atoms with E-state index in [2.05, 4.69) is 25.8 Å². The van der Waals surface area contributed by atoms with Gasteiger partial charge in [-0.25, -0.2) is 4.57 Å². The van der Waals surface area contributed by atoms with Gasteiger partial charge >= 0.3 is 19.8 Å². The Balaban J connectivity index is 3.27. The van der Waals surface area contributed by atoms with E-state index in [1.807, 2.05) is 0 Å². The molecule has 0 saturated carbocycles. The van der Waals surface area contributed by atoms with Gasteiger partial charge in [0.2, 0.25) is 23.6 Å².